The monoisotopic (exact) mass is 197 g/mol. The Morgan fingerprint density at radius 1 is 1.64 bits per heavy atom. The lowest BCUT2D eigenvalue weighted by Crippen LogP contribution is -2.03. The zero-order chi connectivity index (χ0) is 10.3. The summed E-state index contributed by atoms with van der Waals surface area (Å²) in [6.07, 6.45) is 0. The van der Waals surface area contributed by atoms with Crippen LogP contribution in [-0.4, -0.2) is 11.5 Å². The number of hydrogen-bond donors (Lipinski definition) is 0. The van der Waals surface area contributed by atoms with Crippen molar-refractivity contribution in [1.29, 1.82) is 0 Å². The molecule has 1 aromatic carbocycles. The fourth-order valence-electron chi connectivity index (χ4n) is 1.26. The van der Waals surface area contributed by atoms with Gasteiger partial charge in [0.05, 0.1) is 11.5 Å². The first kappa shape index (κ1) is 9.08. The van der Waals surface area contributed by atoms with Gasteiger partial charge in [-0.2, -0.15) is 4.39 Å². The molecule has 0 saturated carbocycles. The molecule has 1 atom stereocenters. The van der Waals surface area contributed by atoms with Crippen molar-refractivity contribution in [3.05, 3.63) is 39.7 Å². The van der Waals surface area contributed by atoms with Gasteiger partial charge in [0, 0.05) is 6.07 Å². The Kier molecular flexibility index (Phi) is 1.78. The molecule has 14 heavy (non-hydrogen) atoms. The highest BCUT2D eigenvalue weighted by Crippen LogP contribution is 2.38. The molecule has 0 aliphatic carbocycles. The van der Waals surface area contributed by atoms with Crippen LogP contribution < -0.4 is 0 Å². The third kappa shape index (κ3) is 1.35. The maximum Gasteiger partial charge on any atom is 0.304 e. The van der Waals surface area contributed by atoms with Gasteiger partial charge in [0.2, 0.25) is 5.82 Å². The Hall–Kier alpha value is -1.49. The molecule has 1 aromatic rings. The Morgan fingerprint density at radius 2 is 2.29 bits per heavy atom. The zero-order valence-electron chi connectivity index (χ0n) is 7.49. The van der Waals surface area contributed by atoms with Gasteiger partial charge in [-0.05, 0) is 24.6 Å². The van der Waals surface area contributed by atoms with Crippen molar-refractivity contribution in [2.24, 2.45) is 0 Å². The van der Waals surface area contributed by atoms with E-state index in [1.54, 1.807) is 0 Å². The van der Waals surface area contributed by atoms with Gasteiger partial charge in [0.25, 0.3) is 0 Å². The summed E-state index contributed by atoms with van der Waals surface area (Å²) in [7, 11) is 0. The van der Waals surface area contributed by atoms with Gasteiger partial charge in [-0.25, -0.2) is 0 Å². The van der Waals surface area contributed by atoms with Gasteiger partial charge in [-0.3, -0.25) is 10.1 Å². The number of nitro benzene ring substituents is 1. The van der Waals surface area contributed by atoms with Crippen LogP contribution in [0.1, 0.15) is 12.5 Å². The van der Waals surface area contributed by atoms with E-state index in [0.29, 0.717) is 12.2 Å². The van der Waals surface area contributed by atoms with Crippen LogP contribution in [0.25, 0.3) is 0 Å². The average Bonchev–Trinajstić information content (AvgIpc) is 2.84. The lowest BCUT2D eigenvalue weighted by Gasteiger charge is -2.04. The molecule has 0 amide bonds. The summed E-state index contributed by atoms with van der Waals surface area (Å²) in [5.74, 6) is -0.816. The molecule has 1 aliphatic heterocycles. The van der Waals surface area contributed by atoms with Crippen molar-refractivity contribution >= 4 is 5.69 Å². The van der Waals surface area contributed by atoms with Gasteiger partial charge >= 0.3 is 5.69 Å². The molecule has 0 radical (unpaired) electrons. The van der Waals surface area contributed by atoms with Crippen LogP contribution in [0.15, 0.2) is 18.2 Å². The maximum atomic E-state index is 13.2. The Bertz CT molecular complexity index is 401. The van der Waals surface area contributed by atoms with Crippen molar-refractivity contribution in [1.82, 2.24) is 0 Å². The third-order valence-corrected chi connectivity index (χ3v) is 2.33. The SMILES string of the molecule is CC1(c2ccc([N+](=O)[O-])c(F)c2)CO1. The highest BCUT2D eigenvalue weighted by molar-refractivity contribution is 5.38. The first-order valence-corrected chi connectivity index (χ1v) is 4.11. The molecule has 1 unspecified atom stereocenters. The average molecular weight is 197 g/mol. The predicted molar refractivity (Wildman–Crippen MR) is 46.4 cm³/mol. The van der Waals surface area contributed by atoms with Crippen LogP contribution in [-0.2, 0) is 10.3 Å². The number of nitrogens with zero attached hydrogens (tertiary/aromatic N) is 1. The molecule has 0 N–H and O–H groups in total. The number of halogens is 1. The summed E-state index contributed by atoms with van der Waals surface area (Å²) in [5.41, 5.74) is -0.311. The van der Waals surface area contributed by atoms with Crippen LogP contribution >= 0.6 is 0 Å². The highest BCUT2D eigenvalue weighted by Gasteiger charge is 2.41. The highest BCUT2D eigenvalue weighted by atomic mass is 19.1. The van der Waals surface area contributed by atoms with Gasteiger partial charge in [-0.15, -0.1) is 0 Å². The zero-order valence-corrected chi connectivity index (χ0v) is 7.49. The summed E-state index contributed by atoms with van der Waals surface area (Å²) >= 11 is 0. The largest absolute Gasteiger partial charge is 0.365 e. The van der Waals surface area contributed by atoms with Crippen LogP contribution in [0.5, 0.6) is 0 Å². The second kappa shape index (κ2) is 2.75. The van der Waals surface area contributed by atoms with Gasteiger partial charge < -0.3 is 4.74 Å². The van der Waals surface area contributed by atoms with Gasteiger partial charge in [-0.1, -0.05) is 0 Å². The molecule has 1 aliphatic rings. The van der Waals surface area contributed by atoms with E-state index in [2.05, 4.69) is 0 Å². The number of hydrogen-bond acceptors (Lipinski definition) is 3. The van der Waals surface area contributed by atoms with Crippen LogP contribution in [0.2, 0.25) is 0 Å². The first-order valence-electron chi connectivity index (χ1n) is 4.11. The van der Waals surface area contributed by atoms with E-state index in [1.165, 1.54) is 6.07 Å². The summed E-state index contributed by atoms with van der Waals surface area (Å²) in [5, 5.41) is 10.3. The van der Waals surface area contributed by atoms with Crippen LogP contribution in [0.3, 0.4) is 0 Å². The van der Waals surface area contributed by atoms with E-state index in [9.17, 15) is 14.5 Å². The molecule has 1 heterocycles. The number of nitro groups is 1. The maximum absolute atomic E-state index is 13.2. The first-order chi connectivity index (χ1) is 6.53. The predicted octanol–water partition coefficient (Wildman–Crippen LogP) is 1.98. The van der Waals surface area contributed by atoms with Crippen molar-refractivity contribution in [3.8, 4) is 0 Å². The van der Waals surface area contributed by atoms with E-state index in [4.69, 9.17) is 4.74 Å². The lowest BCUT2D eigenvalue weighted by atomic mass is 10.0. The topological polar surface area (TPSA) is 55.7 Å². The number of rotatable bonds is 2. The standard InChI is InChI=1S/C9H8FNO3/c1-9(5-14-9)6-2-3-8(11(12)13)7(10)4-6/h2-4H,5H2,1H3. The minimum absolute atomic E-state index is 0.448. The number of benzene rings is 1. The summed E-state index contributed by atoms with van der Waals surface area (Å²) in [6, 6.07) is 3.84. The number of epoxide rings is 1. The Labute approximate surface area is 79.5 Å². The molecular formula is C9H8FNO3. The molecule has 1 saturated heterocycles. The van der Waals surface area contributed by atoms with Gasteiger partial charge in [0.1, 0.15) is 5.60 Å². The fourth-order valence-corrected chi connectivity index (χ4v) is 1.26. The minimum Gasteiger partial charge on any atom is -0.365 e. The van der Waals surface area contributed by atoms with E-state index >= 15 is 0 Å². The second-order valence-electron chi connectivity index (χ2n) is 3.44. The van der Waals surface area contributed by atoms with Crippen molar-refractivity contribution in [3.63, 3.8) is 0 Å². The smallest absolute Gasteiger partial charge is 0.304 e. The molecule has 0 aromatic heterocycles. The third-order valence-electron chi connectivity index (χ3n) is 2.33. The second-order valence-corrected chi connectivity index (χ2v) is 3.44. The molecule has 0 spiro atoms. The summed E-state index contributed by atoms with van der Waals surface area (Å²) < 4.78 is 18.3. The molecule has 2 rings (SSSR count). The van der Waals surface area contributed by atoms with E-state index in [1.807, 2.05) is 6.92 Å². The van der Waals surface area contributed by atoms with Crippen molar-refractivity contribution < 1.29 is 14.1 Å². The van der Waals surface area contributed by atoms with E-state index < -0.39 is 22.0 Å². The number of ether oxygens (including phenoxy) is 1. The molecule has 5 heteroatoms. The molecule has 1 fully saturated rings. The molecular weight excluding hydrogens is 189 g/mol. The summed E-state index contributed by atoms with van der Waals surface area (Å²) in [6.45, 7) is 2.35. The van der Waals surface area contributed by atoms with Gasteiger partial charge in [0.15, 0.2) is 0 Å². The molecule has 4 nitrogen and oxygen atoms in total. The van der Waals surface area contributed by atoms with E-state index in [0.717, 1.165) is 12.1 Å². The Morgan fingerprint density at radius 3 is 2.71 bits per heavy atom. The lowest BCUT2D eigenvalue weighted by molar-refractivity contribution is -0.387. The normalized spacial score (nSPS) is 24.7. The molecule has 74 valence electrons. The minimum atomic E-state index is -0.816. The van der Waals surface area contributed by atoms with Crippen LogP contribution in [0, 0.1) is 15.9 Å². The van der Waals surface area contributed by atoms with E-state index in [-0.39, 0.29) is 0 Å². The fraction of sp³-hybridized carbons (Fsp3) is 0.333. The summed E-state index contributed by atoms with van der Waals surface area (Å²) in [4.78, 5) is 9.59. The Balaban J connectivity index is 2.40. The van der Waals surface area contributed by atoms with Crippen molar-refractivity contribution in [2.75, 3.05) is 6.61 Å². The van der Waals surface area contributed by atoms with Crippen LogP contribution in [0.4, 0.5) is 10.1 Å². The quantitative estimate of drug-likeness (QED) is 0.413. The molecule has 0 bridgehead atoms. The van der Waals surface area contributed by atoms with Crippen molar-refractivity contribution in [2.45, 2.75) is 12.5 Å².